The number of hydrogen-bond donors (Lipinski definition) is 1. The predicted octanol–water partition coefficient (Wildman–Crippen LogP) is 7.02. The number of amidine groups is 1. The third-order valence-electron chi connectivity index (χ3n) is 6.48. The van der Waals surface area contributed by atoms with Crippen molar-refractivity contribution < 1.29 is 14.6 Å². The van der Waals surface area contributed by atoms with E-state index < -0.39 is 0 Å². The summed E-state index contributed by atoms with van der Waals surface area (Å²) in [5.41, 5.74) is 3.66. The molecule has 2 fully saturated rings. The highest BCUT2D eigenvalue weighted by molar-refractivity contribution is 8.18. The van der Waals surface area contributed by atoms with Gasteiger partial charge in [0.05, 0.1) is 17.2 Å². The fourth-order valence-electron chi connectivity index (χ4n) is 4.64. The van der Waals surface area contributed by atoms with Crippen LogP contribution >= 0.6 is 11.8 Å². The van der Waals surface area contributed by atoms with Crippen molar-refractivity contribution in [1.82, 2.24) is 4.90 Å². The SMILES string of the molecule is C=CCc1cc(C=C2SC(=Nc3ccc(CC)cc3)N(C3CCCCC3)C2=O)cc(OCC)c1O. The second-order valence-corrected chi connectivity index (χ2v) is 9.95. The largest absolute Gasteiger partial charge is 0.504 e. The molecule has 1 saturated heterocycles. The second kappa shape index (κ2) is 11.6. The first-order valence-electron chi connectivity index (χ1n) is 12.5. The molecular formula is C29H34N2O3S. The highest BCUT2D eigenvalue weighted by Crippen LogP contribution is 2.40. The van der Waals surface area contributed by atoms with E-state index in [1.54, 1.807) is 12.1 Å². The van der Waals surface area contributed by atoms with Gasteiger partial charge in [0.2, 0.25) is 0 Å². The molecule has 0 radical (unpaired) electrons. The summed E-state index contributed by atoms with van der Waals surface area (Å²) in [6.45, 7) is 8.25. The Kier molecular flexibility index (Phi) is 8.34. The van der Waals surface area contributed by atoms with E-state index in [4.69, 9.17) is 9.73 Å². The van der Waals surface area contributed by atoms with Gasteiger partial charge in [-0.05, 0) is 85.8 Å². The van der Waals surface area contributed by atoms with Gasteiger partial charge in [0.1, 0.15) is 0 Å². The molecule has 1 aliphatic carbocycles. The predicted molar refractivity (Wildman–Crippen MR) is 145 cm³/mol. The fraction of sp³-hybridized carbons (Fsp3) is 0.379. The minimum Gasteiger partial charge on any atom is -0.504 e. The normalized spacial score (nSPS) is 19.0. The number of thioether (sulfide) groups is 1. The number of nitrogens with zero attached hydrogens (tertiary/aromatic N) is 2. The number of carbonyl (C=O) groups excluding carboxylic acids is 1. The number of hydrogen-bond acceptors (Lipinski definition) is 5. The molecule has 1 aliphatic heterocycles. The number of phenols is 1. The van der Waals surface area contributed by atoms with Gasteiger partial charge in [-0.25, -0.2) is 4.99 Å². The Morgan fingerprint density at radius 1 is 1.17 bits per heavy atom. The maximum atomic E-state index is 13.7. The topological polar surface area (TPSA) is 62.1 Å². The molecule has 0 spiro atoms. The summed E-state index contributed by atoms with van der Waals surface area (Å²) in [7, 11) is 0. The van der Waals surface area contributed by atoms with Crippen molar-refractivity contribution >= 4 is 34.6 Å². The molecular weight excluding hydrogens is 456 g/mol. The average Bonchev–Trinajstić information content (AvgIpc) is 3.17. The minimum absolute atomic E-state index is 0.00198. The van der Waals surface area contributed by atoms with Gasteiger partial charge in [-0.3, -0.25) is 9.69 Å². The van der Waals surface area contributed by atoms with Crippen LogP contribution in [-0.4, -0.2) is 33.7 Å². The zero-order chi connectivity index (χ0) is 24.8. The van der Waals surface area contributed by atoms with Crippen LogP contribution < -0.4 is 4.74 Å². The van der Waals surface area contributed by atoms with Crippen LogP contribution in [0.3, 0.4) is 0 Å². The van der Waals surface area contributed by atoms with Crippen molar-refractivity contribution in [2.75, 3.05) is 6.61 Å². The maximum Gasteiger partial charge on any atom is 0.267 e. The summed E-state index contributed by atoms with van der Waals surface area (Å²) >= 11 is 1.43. The zero-order valence-electron chi connectivity index (χ0n) is 20.6. The number of aryl methyl sites for hydroxylation is 1. The van der Waals surface area contributed by atoms with Crippen LogP contribution in [0.1, 0.15) is 62.6 Å². The van der Waals surface area contributed by atoms with Gasteiger partial charge in [0.15, 0.2) is 16.7 Å². The van der Waals surface area contributed by atoms with Crippen LogP contribution in [0.4, 0.5) is 5.69 Å². The molecule has 0 aromatic heterocycles. The first kappa shape index (κ1) is 25.1. The van der Waals surface area contributed by atoms with Crippen molar-refractivity contribution in [1.29, 1.82) is 0 Å². The molecule has 1 saturated carbocycles. The van der Waals surface area contributed by atoms with E-state index in [0.29, 0.717) is 23.7 Å². The van der Waals surface area contributed by atoms with Crippen LogP contribution in [0.5, 0.6) is 11.5 Å². The molecule has 6 heteroatoms. The van der Waals surface area contributed by atoms with Crippen molar-refractivity contribution in [2.45, 2.75) is 64.8 Å². The molecule has 2 aliphatic rings. The number of aromatic hydroxyl groups is 1. The number of phenolic OH excluding ortho intramolecular Hbond substituents is 1. The standard InChI is InChI=1S/C29H34N2O3S/c1-4-10-22-17-21(18-25(27(22)32)34-6-3)19-26-28(33)31(24-11-8-7-9-12-24)29(35-26)30-23-15-13-20(5-2)14-16-23/h4,13-19,24,32H,1,5-12H2,2-3H3. The van der Waals surface area contributed by atoms with Crippen LogP contribution in [0.2, 0.25) is 0 Å². The maximum absolute atomic E-state index is 13.7. The Hall–Kier alpha value is -2.99. The number of benzene rings is 2. The molecule has 5 nitrogen and oxygen atoms in total. The van der Waals surface area contributed by atoms with E-state index in [-0.39, 0.29) is 17.7 Å². The van der Waals surface area contributed by atoms with Crippen molar-refractivity contribution in [2.24, 2.45) is 4.99 Å². The number of amides is 1. The summed E-state index contributed by atoms with van der Waals surface area (Å²) in [5.74, 6) is 0.547. The Balaban J connectivity index is 1.72. The number of carbonyl (C=O) groups is 1. The molecule has 2 aromatic rings. The van der Waals surface area contributed by atoms with Gasteiger partial charge >= 0.3 is 0 Å². The highest BCUT2D eigenvalue weighted by atomic mass is 32.2. The van der Waals surface area contributed by atoms with E-state index in [2.05, 4.69) is 25.6 Å². The number of rotatable bonds is 8. The fourth-order valence-corrected chi connectivity index (χ4v) is 5.70. The molecule has 1 heterocycles. The highest BCUT2D eigenvalue weighted by Gasteiger charge is 2.38. The van der Waals surface area contributed by atoms with Crippen LogP contribution in [0.15, 0.2) is 59.0 Å². The van der Waals surface area contributed by atoms with Gasteiger partial charge in [-0.1, -0.05) is 44.4 Å². The summed E-state index contributed by atoms with van der Waals surface area (Å²) in [6, 6.07) is 12.1. The monoisotopic (exact) mass is 490 g/mol. The first-order chi connectivity index (χ1) is 17.0. The summed E-state index contributed by atoms with van der Waals surface area (Å²) < 4.78 is 5.65. The summed E-state index contributed by atoms with van der Waals surface area (Å²) in [6.07, 6.45) is 10.6. The van der Waals surface area contributed by atoms with Gasteiger partial charge in [0.25, 0.3) is 5.91 Å². The quantitative estimate of drug-likeness (QED) is 0.319. The molecule has 4 rings (SSSR count). The first-order valence-corrected chi connectivity index (χ1v) is 13.4. The summed E-state index contributed by atoms with van der Waals surface area (Å²) in [4.78, 5) is 21.1. The van der Waals surface area contributed by atoms with E-state index in [1.165, 1.54) is 23.7 Å². The lowest BCUT2D eigenvalue weighted by Gasteiger charge is -2.30. The van der Waals surface area contributed by atoms with Crippen LogP contribution in [0, 0.1) is 0 Å². The second-order valence-electron chi connectivity index (χ2n) is 8.94. The third kappa shape index (κ3) is 5.81. The number of aliphatic imine (C=N–C) groups is 1. The molecule has 2 aromatic carbocycles. The van der Waals surface area contributed by atoms with Gasteiger partial charge in [-0.2, -0.15) is 0 Å². The van der Waals surface area contributed by atoms with E-state index >= 15 is 0 Å². The Morgan fingerprint density at radius 2 is 1.91 bits per heavy atom. The Labute approximate surface area is 212 Å². The molecule has 0 atom stereocenters. The van der Waals surface area contributed by atoms with E-state index in [1.807, 2.05) is 36.1 Å². The zero-order valence-corrected chi connectivity index (χ0v) is 21.4. The molecule has 0 bridgehead atoms. The van der Waals surface area contributed by atoms with Crippen molar-refractivity contribution in [3.05, 3.63) is 70.6 Å². The van der Waals surface area contributed by atoms with E-state index in [0.717, 1.165) is 54.1 Å². The molecule has 184 valence electrons. The van der Waals surface area contributed by atoms with Crippen LogP contribution in [0.25, 0.3) is 6.08 Å². The minimum atomic E-state index is 0.00198. The smallest absolute Gasteiger partial charge is 0.267 e. The number of ether oxygens (including phenoxy) is 1. The molecule has 1 N–H and O–H groups in total. The van der Waals surface area contributed by atoms with Gasteiger partial charge in [0, 0.05) is 11.6 Å². The lowest BCUT2D eigenvalue weighted by atomic mass is 9.94. The van der Waals surface area contributed by atoms with Gasteiger partial charge < -0.3 is 9.84 Å². The summed E-state index contributed by atoms with van der Waals surface area (Å²) in [5, 5.41) is 11.3. The average molecular weight is 491 g/mol. The lowest BCUT2D eigenvalue weighted by Crippen LogP contribution is -2.40. The Bertz CT molecular complexity index is 1130. The van der Waals surface area contributed by atoms with Crippen LogP contribution in [-0.2, 0) is 17.6 Å². The van der Waals surface area contributed by atoms with Gasteiger partial charge in [-0.15, -0.1) is 6.58 Å². The molecule has 0 unspecified atom stereocenters. The van der Waals surface area contributed by atoms with Crippen molar-refractivity contribution in [3.63, 3.8) is 0 Å². The molecule has 35 heavy (non-hydrogen) atoms. The molecule has 1 amide bonds. The van der Waals surface area contributed by atoms with Crippen molar-refractivity contribution in [3.8, 4) is 11.5 Å². The third-order valence-corrected chi connectivity index (χ3v) is 7.47. The number of allylic oxidation sites excluding steroid dienone is 1. The lowest BCUT2D eigenvalue weighted by molar-refractivity contribution is -0.124. The van der Waals surface area contributed by atoms with E-state index in [9.17, 15) is 9.90 Å². The Morgan fingerprint density at radius 3 is 2.57 bits per heavy atom.